The Bertz CT molecular complexity index is 1010. The Labute approximate surface area is 175 Å². The Kier molecular flexibility index (Phi) is 6.93. The third-order valence-corrected chi connectivity index (χ3v) is 4.69. The van der Waals surface area contributed by atoms with Gasteiger partial charge in [0.15, 0.2) is 0 Å². The van der Waals surface area contributed by atoms with Gasteiger partial charge in [-0.2, -0.15) is 10.1 Å². The summed E-state index contributed by atoms with van der Waals surface area (Å²) >= 11 is 7.00. The maximum absolute atomic E-state index is 11.9. The number of hydrogen-bond donors (Lipinski definition) is 5. The molecular weight excluding hydrogens is 416 g/mol. The summed E-state index contributed by atoms with van der Waals surface area (Å²) in [5.41, 5.74) is 4.01. The molecule has 11 heteroatoms. The summed E-state index contributed by atoms with van der Waals surface area (Å²) in [7, 11) is 0. The molecule has 0 aliphatic carbocycles. The highest BCUT2D eigenvalue weighted by molar-refractivity contribution is 7.99. The number of hydrogen-bond acceptors (Lipinski definition) is 8. The molecular formula is C18H17ClN6O3S. The number of amides is 1. The summed E-state index contributed by atoms with van der Waals surface area (Å²) in [5.74, 6) is 0.152. The number of carbonyl (C=O) groups is 1. The molecule has 0 bridgehead atoms. The van der Waals surface area contributed by atoms with E-state index in [9.17, 15) is 15.0 Å². The number of anilines is 1. The largest absolute Gasteiger partial charge is 0.508 e. The molecule has 2 aromatic carbocycles. The van der Waals surface area contributed by atoms with Gasteiger partial charge in [-0.15, -0.1) is 5.10 Å². The summed E-state index contributed by atoms with van der Waals surface area (Å²) < 4.78 is 0. The molecule has 0 spiro atoms. The molecule has 1 heterocycles. The van der Waals surface area contributed by atoms with E-state index in [4.69, 9.17) is 11.6 Å². The van der Waals surface area contributed by atoms with Crippen LogP contribution in [0.15, 0.2) is 52.7 Å². The molecule has 0 aliphatic rings. The molecule has 5 N–H and O–H groups in total. The van der Waals surface area contributed by atoms with E-state index in [0.717, 1.165) is 5.56 Å². The Morgan fingerprint density at radius 3 is 2.79 bits per heavy atom. The summed E-state index contributed by atoms with van der Waals surface area (Å²) in [6.07, 6.45) is 1.37. The van der Waals surface area contributed by atoms with Gasteiger partial charge in [-0.25, -0.2) is 10.5 Å². The molecule has 0 saturated heterocycles. The van der Waals surface area contributed by atoms with Crippen LogP contribution in [0.4, 0.5) is 5.95 Å². The maximum atomic E-state index is 11.9. The van der Waals surface area contributed by atoms with Crippen molar-refractivity contribution in [1.82, 2.24) is 20.5 Å². The molecule has 9 nitrogen and oxygen atoms in total. The van der Waals surface area contributed by atoms with Crippen LogP contribution >= 0.6 is 23.4 Å². The Morgan fingerprint density at radius 2 is 2.03 bits per heavy atom. The molecule has 0 fully saturated rings. The zero-order valence-corrected chi connectivity index (χ0v) is 16.5. The monoisotopic (exact) mass is 432 g/mol. The van der Waals surface area contributed by atoms with Crippen LogP contribution in [0, 0.1) is 0 Å². The minimum Gasteiger partial charge on any atom is -0.508 e. The van der Waals surface area contributed by atoms with Crippen molar-refractivity contribution in [2.24, 2.45) is 5.10 Å². The van der Waals surface area contributed by atoms with Gasteiger partial charge in [-0.1, -0.05) is 35.5 Å². The first-order valence-corrected chi connectivity index (χ1v) is 9.73. The lowest BCUT2D eigenvalue weighted by Crippen LogP contribution is -2.24. The van der Waals surface area contributed by atoms with E-state index >= 15 is 0 Å². The van der Waals surface area contributed by atoms with Gasteiger partial charge in [0.2, 0.25) is 17.0 Å². The highest BCUT2D eigenvalue weighted by atomic mass is 35.5. The van der Waals surface area contributed by atoms with Crippen molar-refractivity contribution < 1.29 is 15.0 Å². The van der Waals surface area contributed by atoms with Crippen LogP contribution in [-0.2, 0) is 11.3 Å². The molecule has 150 valence electrons. The number of benzene rings is 2. The Morgan fingerprint density at radius 1 is 1.24 bits per heavy atom. The molecule has 3 rings (SSSR count). The maximum Gasteiger partial charge on any atom is 0.240 e. The SMILES string of the molecule is O=C(CSc1n[nH]c(N/N=C\c2ccc(O)cc2O)n1)NCc1ccc(Cl)cc1. The number of halogens is 1. The van der Waals surface area contributed by atoms with Gasteiger partial charge in [0.25, 0.3) is 0 Å². The van der Waals surface area contributed by atoms with Crippen LogP contribution in [0.2, 0.25) is 5.02 Å². The smallest absolute Gasteiger partial charge is 0.240 e. The summed E-state index contributed by atoms with van der Waals surface area (Å²) in [4.78, 5) is 16.1. The lowest BCUT2D eigenvalue weighted by Gasteiger charge is -2.04. The highest BCUT2D eigenvalue weighted by Gasteiger charge is 2.07. The second-order valence-corrected chi connectivity index (χ2v) is 7.15. The second-order valence-electron chi connectivity index (χ2n) is 5.77. The number of rotatable bonds is 8. The van der Waals surface area contributed by atoms with Gasteiger partial charge in [0.05, 0.1) is 12.0 Å². The lowest BCUT2D eigenvalue weighted by molar-refractivity contribution is -0.118. The van der Waals surface area contributed by atoms with E-state index in [1.807, 2.05) is 12.1 Å². The van der Waals surface area contributed by atoms with Gasteiger partial charge in [-0.3, -0.25) is 4.79 Å². The number of aromatic amines is 1. The molecule has 1 aromatic heterocycles. The number of carbonyl (C=O) groups excluding carboxylic acids is 1. The first kappa shape index (κ1) is 20.5. The molecule has 0 saturated carbocycles. The summed E-state index contributed by atoms with van der Waals surface area (Å²) in [6.45, 7) is 0.413. The van der Waals surface area contributed by atoms with Gasteiger partial charge in [0, 0.05) is 23.2 Å². The Hall–Kier alpha value is -3.24. The van der Waals surface area contributed by atoms with Crippen molar-refractivity contribution >= 4 is 41.4 Å². The van der Waals surface area contributed by atoms with Crippen LogP contribution in [-0.4, -0.2) is 43.3 Å². The quantitative estimate of drug-likeness (QED) is 0.210. The van der Waals surface area contributed by atoms with E-state index in [0.29, 0.717) is 22.3 Å². The fourth-order valence-corrected chi connectivity index (χ4v) is 2.90. The number of phenols is 2. The van der Waals surface area contributed by atoms with Crippen molar-refractivity contribution in [3.63, 3.8) is 0 Å². The lowest BCUT2D eigenvalue weighted by atomic mass is 10.2. The molecule has 1 amide bonds. The first-order valence-electron chi connectivity index (χ1n) is 8.37. The third-order valence-electron chi connectivity index (χ3n) is 3.59. The molecule has 0 aliphatic heterocycles. The standard InChI is InChI=1S/C18H17ClN6O3S/c19-13-4-1-11(2-5-13)8-20-16(28)10-29-18-22-17(24-25-18)23-21-9-12-3-6-14(26)7-15(12)27/h1-7,9,26-27H,8,10H2,(H,20,28)(H2,22,23,24,25)/b21-9-. The van der Waals surface area contributed by atoms with Crippen LogP contribution in [0.25, 0.3) is 0 Å². The number of thioether (sulfide) groups is 1. The number of aromatic hydroxyl groups is 2. The molecule has 0 radical (unpaired) electrons. The highest BCUT2D eigenvalue weighted by Crippen LogP contribution is 2.21. The topological polar surface area (TPSA) is 136 Å². The Balaban J connectivity index is 1.43. The predicted molar refractivity (Wildman–Crippen MR) is 111 cm³/mol. The molecule has 3 aromatic rings. The van der Waals surface area contributed by atoms with Gasteiger partial charge >= 0.3 is 0 Å². The first-order chi connectivity index (χ1) is 14.0. The van der Waals surface area contributed by atoms with Crippen molar-refractivity contribution in [2.75, 3.05) is 11.2 Å². The number of phenolic OH excluding ortho intramolecular Hbond substituents is 2. The minimum absolute atomic E-state index is 0.0401. The van der Waals surface area contributed by atoms with Gasteiger partial charge in [0.1, 0.15) is 11.5 Å². The molecule has 29 heavy (non-hydrogen) atoms. The summed E-state index contributed by atoms with van der Waals surface area (Å²) in [6, 6.07) is 11.4. The van der Waals surface area contributed by atoms with E-state index in [1.165, 1.54) is 36.2 Å². The van der Waals surface area contributed by atoms with E-state index in [-0.39, 0.29) is 29.1 Å². The summed E-state index contributed by atoms with van der Waals surface area (Å²) in [5, 5.41) is 33.3. The number of nitrogens with one attached hydrogen (secondary N) is 3. The van der Waals surface area contributed by atoms with Gasteiger partial charge in [-0.05, 0) is 29.8 Å². The van der Waals surface area contributed by atoms with Crippen molar-refractivity contribution in [1.29, 1.82) is 0 Å². The number of aromatic nitrogens is 3. The van der Waals surface area contributed by atoms with Crippen LogP contribution < -0.4 is 10.7 Å². The van der Waals surface area contributed by atoms with E-state index in [1.54, 1.807) is 12.1 Å². The van der Waals surface area contributed by atoms with Crippen molar-refractivity contribution in [2.45, 2.75) is 11.7 Å². The number of H-pyrrole nitrogens is 1. The normalized spacial score (nSPS) is 10.9. The van der Waals surface area contributed by atoms with Crippen molar-refractivity contribution in [3.8, 4) is 11.5 Å². The van der Waals surface area contributed by atoms with E-state index in [2.05, 4.69) is 31.0 Å². The zero-order chi connectivity index (χ0) is 20.6. The fourth-order valence-electron chi connectivity index (χ4n) is 2.15. The van der Waals surface area contributed by atoms with Crippen LogP contribution in [0.3, 0.4) is 0 Å². The molecule has 0 atom stereocenters. The van der Waals surface area contributed by atoms with E-state index < -0.39 is 0 Å². The van der Waals surface area contributed by atoms with Crippen molar-refractivity contribution in [3.05, 3.63) is 58.6 Å². The second kappa shape index (κ2) is 9.80. The predicted octanol–water partition coefficient (Wildman–Crippen LogP) is 2.72. The van der Waals surface area contributed by atoms with Gasteiger partial charge < -0.3 is 15.5 Å². The third kappa shape index (κ3) is 6.40. The average Bonchev–Trinajstić information content (AvgIpc) is 3.15. The van der Waals surface area contributed by atoms with Crippen LogP contribution in [0.5, 0.6) is 11.5 Å². The number of nitrogens with zero attached hydrogens (tertiary/aromatic N) is 3. The fraction of sp³-hybridized carbons (Fsp3) is 0.111. The average molecular weight is 433 g/mol. The number of hydrazone groups is 1. The zero-order valence-electron chi connectivity index (χ0n) is 15.0. The minimum atomic E-state index is -0.148. The van der Waals surface area contributed by atoms with Crippen LogP contribution in [0.1, 0.15) is 11.1 Å². The molecule has 0 unspecified atom stereocenters.